The zero-order valence-electron chi connectivity index (χ0n) is 60.2. The van der Waals surface area contributed by atoms with E-state index in [1.807, 2.05) is 177 Å². The zero-order valence-corrected chi connectivity index (χ0v) is 61.0. The predicted molar refractivity (Wildman–Crippen MR) is 415 cm³/mol. The Kier molecular flexibility index (Phi) is 26.9. The van der Waals surface area contributed by atoms with Crippen LogP contribution >= 0.6 is 11.6 Å². The Morgan fingerprint density at radius 2 is 0.791 bits per heavy atom. The first-order chi connectivity index (χ1) is 52.7. The number of nitrogens with zero attached hydrogens (tertiary/aromatic N) is 7. The van der Waals surface area contributed by atoms with Crippen LogP contribution in [0.5, 0.6) is 11.5 Å². The molecule has 30 heteroatoms. The zero-order chi connectivity index (χ0) is 79.3. The highest BCUT2D eigenvalue weighted by Gasteiger charge is 2.30. The summed E-state index contributed by atoms with van der Waals surface area (Å²) >= 11 is 5.83. The van der Waals surface area contributed by atoms with Crippen molar-refractivity contribution >= 4 is 146 Å². The third kappa shape index (κ3) is 21.4. The van der Waals surface area contributed by atoms with Crippen LogP contribution in [0.15, 0.2) is 199 Å². The van der Waals surface area contributed by atoms with E-state index in [1.54, 1.807) is 56.6 Å². The van der Waals surface area contributed by atoms with Crippen molar-refractivity contribution in [3.05, 3.63) is 243 Å². The lowest BCUT2D eigenvalue weighted by atomic mass is 9.99. The van der Waals surface area contributed by atoms with Crippen molar-refractivity contribution in [2.45, 2.75) is 52.0 Å². The molecule has 8 aromatic carbocycles. The summed E-state index contributed by atoms with van der Waals surface area (Å²) in [5.41, 5.74) is 14.9. The van der Waals surface area contributed by atoms with Gasteiger partial charge in [0.15, 0.2) is 17.3 Å². The van der Waals surface area contributed by atoms with Crippen molar-refractivity contribution in [2.24, 2.45) is 0 Å². The average molecular weight is 1510 g/mol. The molecule has 9 amide bonds. The Hall–Kier alpha value is -14.4. The highest BCUT2D eigenvalue weighted by molar-refractivity contribution is 6.33. The van der Waals surface area contributed by atoms with E-state index in [2.05, 4.69) is 58.9 Å². The molecule has 0 saturated carbocycles. The normalized spacial score (nSPS) is 15.0. The Balaban J connectivity index is 0.000000162. The number of anilines is 4. The number of alkyl halides is 1. The molecule has 2 aromatic heterocycles. The van der Waals surface area contributed by atoms with E-state index in [0.717, 1.165) is 84.5 Å². The lowest BCUT2D eigenvalue weighted by Crippen LogP contribution is -2.49. The number of carbonyl (C=O) groups excluding carboxylic acids is 12. The molecule has 10 aromatic rings. The first-order valence-electron chi connectivity index (χ1n) is 33.7. The van der Waals surface area contributed by atoms with Crippen LogP contribution in [0.2, 0.25) is 0 Å². The van der Waals surface area contributed by atoms with E-state index in [4.69, 9.17) is 11.6 Å². The number of halogens is 1. The Morgan fingerprint density at radius 1 is 0.455 bits per heavy atom. The number of barbiturate groups is 1. The van der Waals surface area contributed by atoms with Crippen molar-refractivity contribution in [1.82, 2.24) is 56.6 Å². The van der Waals surface area contributed by atoms with Crippen molar-refractivity contribution in [3.63, 3.8) is 0 Å². The fourth-order valence-electron chi connectivity index (χ4n) is 10.9. The van der Waals surface area contributed by atoms with Crippen LogP contribution in [0.3, 0.4) is 0 Å². The van der Waals surface area contributed by atoms with Crippen LogP contribution in [0.25, 0.3) is 51.7 Å². The SMILES string of the molecule is C=C1CC(=O)/C(=C\c2ccc(N(C)Cc3cc(C)cc(-n4nc5ccccc5n4)c3O)cc2)C(=O)N1.CNc1ccc(/C=C2\C(=O)CC(=O)NC2=O)cc1.CNc1ccc(/C=C2\C(=O)CC(=O)NC2=O)cc1.CNc1ccc(C=O)cc1.Cc1cc(CCl)c(O)c(-n2nc3ccccc3n2)c1.O=C1CC(=O)NC(=O)N1. The molecule has 14 rings (SSSR count). The van der Waals surface area contributed by atoms with Gasteiger partial charge in [-0.3, -0.25) is 74.0 Å². The van der Waals surface area contributed by atoms with Gasteiger partial charge in [0, 0.05) is 79.9 Å². The number of aromatic hydroxyl groups is 2. The number of rotatable bonds is 13. The van der Waals surface area contributed by atoms with Crippen LogP contribution in [-0.2, 0) is 60.4 Å². The summed E-state index contributed by atoms with van der Waals surface area (Å²) in [7, 11) is 7.38. The fraction of sp³-hybridized carbons (Fsp3) is 0.150. The van der Waals surface area contributed by atoms with Gasteiger partial charge in [0.05, 0.1) is 41.9 Å². The maximum absolute atomic E-state index is 12.2. The average Bonchev–Trinajstić information content (AvgIpc) is 1.66. The minimum Gasteiger partial charge on any atom is -0.505 e. The molecule has 6 heterocycles. The van der Waals surface area contributed by atoms with Gasteiger partial charge in [0.1, 0.15) is 57.6 Å². The Morgan fingerprint density at radius 3 is 1.14 bits per heavy atom. The van der Waals surface area contributed by atoms with Gasteiger partial charge in [-0.05, 0) is 157 Å². The molecule has 560 valence electrons. The highest BCUT2D eigenvalue weighted by Crippen LogP contribution is 2.32. The number of urea groups is 1. The monoisotopic (exact) mass is 1500 g/mol. The number of benzene rings is 8. The molecule has 4 aliphatic rings. The number of phenolic OH excluding ortho intramolecular Hbond substituents is 2. The smallest absolute Gasteiger partial charge is 0.328 e. The number of ketones is 3. The predicted octanol–water partition coefficient (Wildman–Crippen LogP) is 8.97. The summed E-state index contributed by atoms with van der Waals surface area (Å²) in [6.07, 6.45) is 4.72. The lowest BCUT2D eigenvalue weighted by Gasteiger charge is -2.21. The van der Waals surface area contributed by atoms with Crippen LogP contribution in [0, 0.1) is 13.8 Å². The topological polar surface area (TPSA) is 406 Å². The first-order valence-corrected chi connectivity index (χ1v) is 34.3. The number of piperidine rings is 3. The molecular weight excluding hydrogens is 1430 g/mol. The quantitative estimate of drug-likeness (QED) is 0.0128. The molecule has 0 radical (unpaired) electrons. The Bertz CT molecular complexity index is 5080. The van der Waals surface area contributed by atoms with Crippen molar-refractivity contribution < 1.29 is 67.7 Å². The number of aldehydes is 1. The van der Waals surface area contributed by atoms with Gasteiger partial charge in [-0.1, -0.05) is 79.4 Å². The summed E-state index contributed by atoms with van der Waals surface area (Å²) < 4.78 is 0. The molecule has 0 unspecified atom stereocenters. The second kappa shape index (κ2) is 37.1. The number of amides is 9. The Labute approximate surface area is 634 Å². The molecule has 10 N–H and O–H groups in total. The maximum atomic E-state index is 12.2. The van der Waals surface area contributed by atoms with E-state index in [1.165, 1.54) is 21.7 Å². The van der Waals surface area contributed by atoms with Crippen molar-refractivity contribution in [1.29, 1.82) is 0 Å². The van der Waals surface area contributed by atoms with Gasteiger partial charge in [-0.15, -0.1) is 41.6 Å². The maximum Gasteiger partial charge on any atom is 0.328 e. The minimum atomic E-state index is -0.740. The molecule has 29 nitrogen and oxygen atoms in total. The van der Waals surface area contributed by atoms with Crippen LogP contribution in [-0.4, -0.2) is 139 Å². The molecule has 4 saturated heterocycles. The second-order valence-electron chi connectivity index (χ2n) is 24.7. The van der Waals surface area contributed by atoms with E-state index in [9.17, 15) is 67.7 Å². The summed E-state index contributed by atoms with van der Waals surface area (Å²) in [5.74, 6) is -4.52. The van der Waals surface area contributed by atoms with Crippen LogP contribution < -0.4 is 47.4 Å². The van der Waals surface area contributed by atoms with Gasteiger partial charge in [-0.2, -0.15) is 0 Å². The summed E-state index contributed by atoms with van der Waals surface area (Å²) in [6, 6.07) is 51.2. The van der Waals surface area contributed by atoms with Crippen molar-refractivity contribution in [3.8, 4) is 22.9 Å². The van der Waals surface area contributed by atoms with Gasteiger partial charge in [-0.25, -0.2) is 4.79 Å². The third-order valence-corrected chi connectivity index (χ3v) is 16.7. The van der Waals surface area contributed by atoms with E-state index < -0.39 is 58.9 Å². The number of aryl methyl sites for hydroxylation is 2. The fourth-order valence-corrected chi connectivity index (χ4v) is 11.1. The number of hydrogen-bond donors (Lipinski definition) is 10. The number of nitrogens with one attached hydrogen (secondary N) is 8. The van der Waals surface area contributed by atoms with E-state index >= 15 is 0 Å². The van der Waals surface area contributed by atoms with Gasteiger partial charge in [0.2, 0.25) is 23.6 Å². The second-order valence-corrected chi connectivity index (χ2v) is 25.0. The minimum absolute atomic E-state index is 0.0202. The van der Waals surface area contributed by atoms with Crippen LogP contribution in [0.1, 0.15) is 75.0 Å². The molecule has 0 atom stereocenters. The number of carbonyl (C=O) groups is 12. The molecule has 0 spiro atoms. The van der Waals surface area contributed by atoms with E-state index in [0.29, 0.717) is 34.7 Å². The molecular formula is C80H74ClN15O14. The lowest BCUT2D eigenvalue weighted by molar-refractivity contribution is -0.137. The summed E-state index contributed by atoms with van der Waals surface area (Å²) in [6.45, 7) is 8.02. The first kappa shape index (κ1) is 79.8. The number of phenols is 2. The van der Waals surface area contributed by atoms with Crippen molar-refractivity contribution in [2.75, 3.05) is 49.0 Å². The molecule has 0 aliphatic carbocycles. The summed E-state index contributed by atoms with van der Waals surface area (Å²) in [5, 5.41) is 58.6. The number of fused-ring (bicyclic) bond motifs is 2. The molecule has 4 aliphatic heterocycles. The van der Waals surface area contributed by atoms with Gasteiger partial charge >= 0.3 is 6.03 Å². The third-order valence-electron chi connectivity index (χ3n) is 16.5. The standard InChI is InChI=1S/C28H25N5O3.C14H12ClN3O.2C13H12N2O3.C8H9NO.C4H4N2O3/c1-17-12-20(27(35)25(13-17)33-30-23-6-4-5-7-24(23)31-33)16-32(3)21-10-8-19(9-11-21)15-22-26(34)14-18(2)29-28(22)36;1-9-6-10(8-15)14(19)13(7-9)18-16-11-4-2-3-5-12(11)17-18;2*1-14-9-4-2-8(3-5-9)6-10-11(16)7-12(17)15-13(10)18;1-9-8-4-2-7(6-10)3-5-8;7-2-1-3(8)6-4(9)5-2/h4-13,15,35H,2,14,16H2,1,3H3,(H,29,36);2-7,19H,8H2,1H3;2*2-6,14H,7H2,1H3,(H,15,17,18);2-6,9H,1H3;1H2,(H2,5,6,7,8,9)/b22-15+;;2*10-6+;;. The molecule has 0 bridgehead atoms. The van der Waals surface area contributed by atoms with Gasteiger partial charge in [0.25, 0.3) is 17.7 Å². The number of aromatic nitrogens is 6. The number of hydrogen-bond acceptors (Lipinski definition) is 22. The van der Waals surface area contributed by atoms with E-state index in [-0.39, 0.29) is 65.6 Å². The number of Topliss-reactive ketones (excluding diaryl/α,β-unsaturated/α-hetero) is 3. The molecule has 110 heavy (non-hydrogen) atoms. The largest absolute Gasteiger partial charge is 0.505 e. The highest BCUT2D eigenvalue weighted by atomic mass is 35.5. The molecule has 4 fully saturated rings. The summed E-state index contributed by atoms with van der Waals surface area (Å²) in [4.78, 5) is 138. The van der Waals surface area contributed by atoms with Crippen LogP contribution in [0.4, 0.5) is 27.5 Å². The number of allylic oxidation sites excluding steroid dienone is 1. The van der Waals surface area contributed by atoms with Gasteiger partial charge < -0.3 is 36.4 Å². The number of imide groups is 4.